The molecule has 0 heterocycles. The zero-order chi connectivity index (χ0) is 7.82. The summed E-state index contributed by atoms with van der Waals surface area (Å²) in [5, 5.41) is 20.2. The summed E-state index contributed by atoms with van der Waals surface area (Å²) in [7, 11) is 0. The first kappa shape index (κ1) is 10.2. The van der Waals surface area contributed by atoms with Crippen molar-refractivity contribution in [1.82, 2.24) is 5.32 Å². The van der Waals surface area contributed by atoms with Gasteiger partial charge in [-0.15, -0.1) is 11.6 Å². The van der Waals surface area contributed by atoms with Gasteiger partial charge in [-0.05, 0) is 13.0 Å². The SMILES string of the molecule is OCCCNCC(O)CCl. The second kappa shape index (κ2) is 7.28. The molecule has 0 bridgehead atoms. The second-order valence-electron chi connectivity index (χ2n) is 2.09. The van der Waals surface area contributed by atoms with Crippen LogP contribution in [0.3, 0.4) is 0 Å². The molecule has 3 nitrogen and oxygen atoms in total. The minimum Gasteiger partial charge on any atom is -0.396 e. The van der Waals surface area contributed by atoms with Crippen molar-refractivity contribution in [3.63, 3.8) is 0 Å². The van der Waals surface area contributed by atoms with E-state index in [1.54, 1.807) is 0 Å². The molecular weight excluding hydrogens is 154 g/mol. The fourth-order valence-electron chi connectivity index (χ4n) is 0.527. The highest BCUT2D eigenvalue weighted by atomic mass is 35.5. The van der Waals surface area contributed by atoms with Crippen molar-refractivity contribution < 1.29 is 10.2 Å². The lowest BCUT2D eigenvalue weighted by Gasteiger charge is -2.06. The number of hydrogen-bond donors (Lipinski definition) is 3. The van der Waals surface area contributed by atoms with Crippen LogP contribution in [0.2, 0.25) is 0 Å². The van der Waals surface area contributed by atoms with Gasteiger partial charge in [-0.3, -0.25) is 0 Å². The zero-order valence-corrected chi connectivity index (χ0v) is 6.64. The third-order valence-corrected chi connectivity index (χ3v) is 1.43. The number of rotatable bonds is 6. The van der Waals surface area contributed by atoms with Gasteiger partial charge in [0.1, 0.15) is 0 Å². The molecule has 0 aliphatic carbocycles. The van der Waals surface area contributed by atoms with Crippen LogP contribution in [0.25, 0.3) is 0 Å². The summed E-state index contributed by atoms with van der Waals surface area (Å²) >= 11 is 5.33. The summed E-state index contributed by atoms with van der Waals surface area (Å²) in [6.07, 6.45) is 0.245. The Balaban J connectivity index is 2.89. The van der Waals surface area contributed by atoms with E-state index in [4.69, 9.17) is 21.8 Å². The molecule has 3 N–H and O–H groups in total. The van der Waals surface area contributed by atoms with E-state index in [0.717, 1.165) is 13.0 Å². The van der Waals surface area contributed by atoms with Crippen LogP contribution in [0.1, 0.15) is 6.42 Å². The molecule has 0 aliphatic rings. The lowest BCUT2D eigenvalue weighted by molar-refractivity contribution is 0.192. The number of alkyl halides is 1. The summed E-state index contributed by atoms with van der Waals surface area (Å²) in [5.41, 5.74) is 0. The van der Waals surface area contributed by atoms with Crippen molar-refractivity contribution in [2.75, 3.05) is 25.6 Å². The van der Waals surface area contributed by atoms with Crippen molar-refractivity contribution in [2.24, 2.45) is 0 Å². The predicted octanol–water partition coefficient (Wildman–Crippen LogP) is -0.442. The maximum absolute atomic E-state index is 8.90. The quantitative estimate of drug-likeness (QED) is 0.371. The highest BCUT2D eigenvalue weighted by Crippen LogP contribution is 1.84. The average molecular weight is 168 g/mol. The Hall–Kier alpha value is 0.170. The molecule has 0 radical (unpaired) electrons. The largest absolute Gasteiger partial charge is 0.396 e. The molecule has 0 saturated carbocycles. The van der Waals surface area contributed by atoms with E-state index in [9.17, 15) is 0 Å². The fraction of sp³-hybridized carbons (Fsp3) is 1.00. The average Bonchev–Trinajstić information content (AvgIpc) is 1.98. The van der Waals surface area contributed by atoms with E-state index in [0.29, 0.717) is 6.54 Å². The molecule has 1 unspecified atom stereocenters. The summed E-state index contributed by atoms with van der Waals surface area (Å²) < 4.78 is 0. The maximum Gasteiger partial charge on any atom is 0.0799 e. The van der Waals surface area contributed by atoms with Crippen LogP contribution < -0.4 is 5.32 Å². The van der Waals surface area contributed by atoms with Gasteiger partial charge in [-0.25, -0.2) is 0 Å². The fourth-order valence-corrected chi connectivity index (χ4v) is 0.636. The van der Waals surface area contributed by atoms with Crippen molar-refractivity contribution in [3.05, 3.63) is 0 Å². The highest BCUT2D eigenvalue weighted by molar-refractivity contribution is 6.18. The van der Waals surface area contributed by atoms with Crippen LogP contribution in [-0.4, -0.2) is 41.9 Å². The van der Waals surface area contributed by atoms with Gasteiger partial charge in [-0.1, -0.05) is 0 Å². The van der Waals surface area contributed by atoms with Gasteiger partial charge in [0, 0.05) is 19.0 Å². The monoisotopic (exact) mass is 167 g/mol. The van der Waals surface area contributed by atoms with E-state index >= 15 is 0 Å². The van der Waals surface area contributed by atoms with Gasteiger partial charge in [0.05, 0.1) is 6.10 Å². The number of halogens is 1. The summed E-state index contributed by atoms with van der Waals surface area (Å²) in [6, 6.07) is 0. The normalized spacial score (nSPS) is 13.5. The molecule has 62 valence electrons. The van der Waals surface area contributed by atoms with Crippen LogP contribution in [0.4, 0.5) is 0 Å². The summed E-state index contributed by atoms with van der Waals surface area (Å²) in [6.45, 7) is 1.41. The van der Waals surface area contributed by atoms with Crippen LogP contribution >= 0.6 is 11.6 Å². The van der Waals surface area contributed by atoms with Gasteiger partial charge in [0.2, 0.25) is 0 Å². The molecule has 0 rings (SSSR count). The van der Waals surface area contributed by atoms with Crippen molar-refractivity contribution in [3.8, 4) is 0 Å². The number of hydrogen-bond acceptors (Lipinski definition) is 3. The molecule has 4 heteroatoms. The number of aliphatic hydroxyl groups is 2. The van der Waals surface area contributed by atoms with Crippen LogP contribution in [-0.2, 0) is 0 Å². The first-order chi connectivity index (χ1) is 4.81. The standard InChI is InChI=1S/C6H14ClNO2/c7-4-6(10)5-8-2-1-3-9/h6,8-10H,1-5H2. The first-order valence-electron chi connectivity index (χ1n) is 3.37. The Morgan fingerprint density at radius 3 is 2.70 bits per heavy atom. The molecule has 0 aromatic carbocycles. The molecule has 0 saturated heterocycles. The third-order valence-electron chi connectivity index (χ3n) is 1.07. The molecule has 1 atom stereocenters. The smallest absolute Gasteiger partial charge is 0.0799 e. The predicted molar refractivity (Wildman–Crippen MR) is 41.3 cm³/mol. The molecule has 0 spiro atoms. The van der Waals surface area contributed by atoms with E-state index in [1.165, 1.54) is 0 Å². The second-order valence-corrected chi connectivity index (χ2v) is 2.40. The molecule has 0 fully saturated rings. The van der Waals surface area contributed by atoms with Crippen molar-refractivity contribution in [2.45, 2.75) is 12.5 Å². The minimum atomic E-state index is -0.472. The van der Waals surface area contributed by atoms with Gasteiger partial charge < -0.3 is 15.5 Å². The van der Waals surface area contributed by atoms with E-state index in [-0.39, 0.29) is 12.5 Å². The Morgan fingerprint density at radius 2 is 2.20 bits per heavy atom. The van der Waals surface area contributed by atoms with Crippen LogP contribution in [0, 0.1) is 0 Å². The summed E-state index contributed by atoms with van der Waals surface area (Å²) in [5.74, 6) is 0.256. The Bertz CT molecular complexity index is 72.8. The highest BCUT2D eigenvalue weighted by Gasteiger charge is 1.98. The van der Waals surface area contributed by atoms with Gasteiger partial charge in [0.25, 0.3) is 0 Å². The maximum atomic E-state index is 8.90. The molecule has 0 aromatic rings. The van der Waals surface area contributed by atoms with Gasteiger partial charge in [-0.2, -0.15) is 0 Å². The minimum absolute atomic E-state index is 0.184. The lowest BCUT2D eigenvalue weighted by atomic mass is 10.4. The van der Waals surface area contributed by atoms with Gasteiger partial charge >= 0.3 is 0 Å². The third kappa shape index (κ3) is 6.29. The van der Waals surface area contributed by atoms with E-state index in [2.05, 4.69) is 5.32 Å². The first-order valence-corrected chi connectivity index (χ1v) is 3.90. The number of aliphatic hydroxyl groups excluding tert-OH is 2. The Morgan fingerprint density at radius 1 is 1.50 bits per heavy atom. The van der Waals surface area contributed by atoms with E-state index < -0.39 is 6.10 Å². The van der Waals surface area contributed by atoms with Crippen LogP contribution in [0.15, 0.2) is 0 Å². The van der Waals surface area contributed by atoms with Crippen LogP contribution in [0.5, 0.6) is 0 Å². The molecule has 0 amide bonds. The number of nitrogens with one attached hydrogen (secondary N) is 1. The summed E-state index contributed by atoms with van der Waals surface area (Å²) in [4.78, 5) is 0. The molecule has 10 heavy (non-hydrogen) atoms. The van der Waals surface area contributed by atoms with Gasteiger partial charge in [0.15, 0.2) is 0 Å². The molecule has 0 aliphatic heterocycles. The zero-order valence-electron chi connectivity index (χ0n) is 5.89. The molecular formula is C6H14ClNO2. The van der Waals surface area contributed by atoms with E-state index in [1.807, 2.05) is 0 Å². The topological polar surface area (TPSA) is 52.5 Å². The van der Waals surface area contributed by atoms with Crippen molar-refractivity contribution >= 4 is 11.6 Å². The lowest BCUT2D eigenvalue weighted by Crippen LogP contribution is -2.28. The van der Waals surface area contributed by atoms with Crippen molar-refractivity contribution in [1.29, 1.82) is 0 Å². The Kier molecular flexibility index (Phi) is 7.40. The molecule has 0 aromatic heterocycles. The Labute approximate surface area is 66.0 Å².